The van der Waals surface area contributed by atoms with Gasteiger partial charge in [-0.05, 0) is 18.2 Å². The SMILES string of the molecule is COCCNc1nc(SC(C)C)nc2c1cnn2CCNC(=O)c1ccc(OC)c(OC)c1. The predicted molar refractivity (Wildman–Crippen MR) is 129 cm³/mol. The summed E-state index contributed by atoms with van der Waals surface area (Å²) in [4.78, 5) is 21.9. The van der Waals surface area contributed by atoms with Crippen LogP contribution in [0.5, 0.6) is 11.5 Å². The standard InChI is InChI=1S/C22H30N6O4S/c1-14(2)33-22-26-19(23-9-11-30-3)16-13-25-28(20(16)27-22)10-8-24-21(29)15-6-7-17(31-4)18(12-15)32-5/h6-7,12-14H,8-11H2,1-5H3,(H,24,29)(H,23,26,27). The molecule has 1 aromatic carbocycles. The van der Waals surface area contributed by atoms with E-state index in [0.29, 0.717) is 59.4 Å². The lowest BCUT2D eigenvalue weighted by Gasteiger charge is -2.11. The molecule has 0 spiro atoms. The molecule has 0 aliphatic rings. The first-order valence-electron chi connectivity index (χ1n) is 10.6. The fourth-order valence-corrected chi connectivity index (χ4v) is 3.83. The third kappa shape index (κ3) is 6.26. The second-order valence-corrected chi connectivity index (χ2v) is 8.92. The van der Waals surface area contributed by atoms with Crippen LogP contribution in [0.4, 0.5) is 5.82 Å². The van der Waals surface area contributed by atoms with Crippen molar-refractivity contribution in [2.45, 2.75) is 30.8 Å². The van der Waals surface area contributed by atoms with Gasteiger partial charge in [0.15, 0.2) is 22.3 Å². The van der Waals surface area contributed by atoms with Crippen molar-refractivity contribution in [3.05, 3.63) is 30.0 Å². The van der Waals surface area contributed by atoms with Gasteiger partial charge < -0.3 is 24.8 Å². The molecule has 0 aliphatic carbocycles. The molecule has 0 unspecified atom stereocenters. The summed E-state index contributed by atoms with van der Waals surface area (Å²) in [5, 5.41) is 12.5. The topological polar surface area (TPSA) is 112 Å². The number of fused-ring (bicyclic) bond motifs is 1. The molecule has 0 aliphatic heterocycles. The lowest BCUT2D eigenvalue weighted by molar-refractivity contribution is 0.0951. The number of hydrogen-bond donors (Lipinski definition) is 2. The van der Waals surface area contributed by atoms with E-state index in [1.807, 2.05) is 0 Å². The van der Waals surface area contributed by atoms with Crippen LogP contribution in [-0.4, -0.2) is 71.9 Å². The number of nitrogens with one attached hydrogen (secondary N) is 2. The molecule has 0 atom stereocenters. The quantitative estimate of drug-likeness (QED) is 0.232. The van der Waals surface area contributed by atoms with E-state index in [1.54, 1.807) is 55.1 Å². The number of rotatable bonds is 12. The van der Waals surface area contributed by atoms with Crippen LogP contribution in [0.2, 0.25) is 0 Å². The molecule has 2 heterocycles. The zero-order valence-electron chi connectivity index (χ0n) is 19.5. The number of benzene rings is 1. The maximum Gasteiger partial charge on any atom is 0.251 e. The highest BCUT2D eigenvalue weighted by Crippen LogP contribution is 2.28. The Labute approximate surface area is 197 Å². The zero-order chi connectivity index (χ0) is 23.8. The first kappa shape index (κ1) is 24.6. The minimum atomic E-state index is -0.208. The first-order valence-corrected chi connectivity index (χ1v) is 11.5. The van der Waals surface area contributed by atoms with E-state index in [4.69, 9.17) is 19.2 Å². The number of amides is 1. The molecular formula is C22H30N6O4S. The number of carbonyl (C=O) groups is 1. The van der Waals surface area contributed by atoms with E-state index in [-0.39, 0.29) is 5.91 Å². The largest absolute Gasteiger partial charge is 0.493 e. The van der Waals surface area contributed by atoms with Gasteiger partial charge in [0, 0.05) is 31.0 Å². The van der Waals surface area contributed by atoms with Gasteiger partial charge in [-0.2, -0.15) is 5.10 Å². The number of methoxy groups -OCH3 is 3. The Morgan fingerprint density at radius 3 is 2.61 bits per heavy atom. The molecule has 10 nitrogen and oxygen atoms in total. The van der Waals surface area contributed by atoms with Gasteiger partial charge in [-0.3, -0.25) is 4.79 Å². The lowest BCUT2D eigenvalue weighted by Crippen LogP contribution is -2.27. The third-order valence-corrected chi connectivity index (χ3v) is 5.54. The Bertz CT molecular complexity index is 1090. The van der Waals surface area contributed by atoms with Gasteiger partial charge in [0.2, 0.25) is 0 Å². The van der Waals surface area contributed by atoms with Crippen molar-refractivity contribution in [2.24, 2.45) is 0 Å². The highest BCUT2D eigenvalue weighted by atomic mass is 32.2. The van der Waals surface area contributed by atoms with Gasteiger partial charge in [-0.1, -0.05) is 25.6 Å². The van der Waals surface area contributed by atoms with Crippen molar-refractivity contribution in [3.63, 3.8) is 0 Å². The normalized spacial score (nSPS) is 11.1. The number of hydrogen-bond acceptors (Lipinski definition) is 9. The Morgan fingerprint density at radius 1 is 1.12 bits per heavy atom. The number of thioether (sulfide) groups is 1. The van der Waals surface area contributed by atoms with Crippen LogP contribution in [0.1, 0.15) is 24.2 Å². The van der Waals surface area contributed by atoms with E-state index >= 15 is 0 Å². The summed E-state index contributed by atoms with van der Waals surface area (Å²) in [6.45, 7) is 6.22. The number of aromatic nitrogens is 4. The molecule has 0 radical (unpaired) electrons. The summed E-state index contributed by atoms with van der Waals surface area (Å²) in [5.41, 5.74) is 1.20. The van der Waals surface area contributed by atoms with Gasteiger partial charge in [-0.25, -0.2) is 14.6 Å². The average Bonchev–Trinajstić information content (AvgIpc) is 3.21. The van der Waals surface area contributed by atoms with Gasteiger partial charge in [0.25, 0.3) is 5.91 Å². The van der Waals surface area contributed by atoms with Crippen LogP contribution in [-0.2, 0) is 11.3 Å². The molecule has 1 amide bonds. The van der Waals surface area contributed by atoms with Crippen LogP contribution < -0.4 is 20.1 Å². The molecule has 33 heavy (non-hydrogen) atoms. The fourth-order valence-electron chi connectivity index (χ4n) is 3.12. The minimum Gasteiger partial charge on any atom is -0.493 e. The summed E-state index contributed by atoms with van der Waals surface area (Å²) < 4.78 is 17.4. The molecule has 3 rings (SSSR count). The number of carbonyl (C=O) groups excluding carboxylic acids is 1. The Hall–Kier alpha value is -3.05. The molecule has 0 saturated heterocycles. The highest BCUT2D eigenvalue weighted by molar-refractivity contribution is 7.99. The Balaban J connectivity index is 1.73. The van der Waals surface area contributed by atoms with Gasteiger partial charge in [-0.15, -0.1) is 0 Å². The maximum absolute atomic E-state index is 12.6. The van der Waals surface area contributed by atoms with E-state index in [0.717, 1.165) is 11.2 Å². The van der Waals surface area contributed by atoms with Crippen molar-refractivity contribution in [2.75, 3.05) is 46.3 Å². The van der Waals surface area contributed by atoms with E-state index in [2.05, 4.69) is 34.6 Å². The van der Waals surface area contributed by atoms with Crippen LogP contribution in [0.25, 0.3) is 11.0 Å². The van der Waals surface area contributed by atoms with Crippen LogP contribution in [0.3, 0.4) is 0 Å². The predicted octanol–water partition coefficient (Wildman–Crippen LogP) is 2.83. The summed E-state index contributed by atoms with van der Waals surface area (Å²) >= 11 is 1.58. The second kappa shape index (κ2) is 11.7. The van der Waals surface area contributed by atoms with Gasteiger partial charge in [0.05, 0.1) is 39.0 Å². The molecular weight excluding hydrogens is 444 g/mol. The van der Waals surface area contributed by atoms with Crippen LogP contribution >= 0.6 is 11.8 Å². The molecule has 178 valence electrons. The molecule has 0 saturated carbocycles. The third-order valence-electron chi connectivity index (χ3n) is 4.67. The van der Waals surface area contributed by atoms with E-state index in [9.17, 15) is 4.79 Å². The number of nitrogens with zero attached hydrogens (tertiary/aromatic N) is 4. The molecule has 2 N–H and O–H groups in total. The second-order valence-electron chi connectivity index (χ2n) is 7.37. The van der Waals surface area contributed by atoms with Crippen molar-refractivity contribution in [1.29, 1.82) is 0 Å². The summed E-state index contributed by atoms with van der Waals surface area (Å²) in [7, 11) is 4.75. The van der Waals surface area contributed by atoms with Crippen molar-refractivity contribution in [1.82, 2.24) is 25.1 Å². The summed E-state index contributed by atoms with van der Waals surface area (Å²) in [5.74, 6) is 1.59. The average molecular weight is 475 g/mol. The Kier molecular flexibility index (Phi) is 8.72. The number of ether oxygens (including phenoxy) is 3. The number of anilines is 1. The van der Waals surface area contributed by atoms with Crippen molar-refractivity contribution < 1.29 is 19.0 Å². The smallest absolute Gasteiger partial charge is 0.251 e. The highest BCUT2D eigenvalue weighted by Gasteiger charge is 2.15. The fraction of sp³-hybridized carbons (Fsp3) is 0.455. The molecule has 0 bridgehead atoms. The maximum atomic E-state index is 12.6. The summed E-state index contributed by atoms with van der Waals surface area (Å²) in [6, 6.07) is 5.05. The molecule has 0 fully saturated rings. The summed E-state index contributed by atoms with van der Waals surface area (Å²) in [6.07, 6.45) is 1.74. The van der Waals surface area contributed by atoms with E-state index in [1.165, 1.54) is 7.11 Å². The van der Waals surface area contributed by atoms with Crippen molar-refractivity contribution in [3.8, 4) is 11.5 Å². The zero-order valence-corrected chi connectivity index (χ0v) is 20.4. The molecule has 3 aromatic rings. The minimum absolute atomic E-state index is 0.208. The first-order chi connectivity index (χ1) is 16.0. The van der Waals surface area contributed by atoms with Gasteiger partial charge in [0.1, 0.15) is 5.82 Å². The van der Waals surface area contributed by atoms with E-state index < -0.39 is 0 Å². The molecule has 11 heteroatoms. The molecule has 2 aromatic heterocycles. The Morgan fingerprint density at radius 2 is 1.91 bits per heavy atom. The lowest BCUT2D eigenvalue weighted by atomic mass is 10.2. The monoisotopic (exact) mass is 474 g/mol. The van der Waals surface area contributed by atoms with Gasteiger partial charge >= 0.3 is 0 Å². The van der Waals surface area contributed by atoms with Crippen LogP contribution in [0, 0.1) is 0 Å². The van der Waals surface area contributed by atoms with Crippen molar-refractivity contribution >= 4 is 34.5 Å². The van der Waals surface area contributed by atoms with Crippen LogP contribution in [0.15, 0.2) is 29.6 Å².